The lowest BCUT2D eigenvalue weighted by atomic mass is 10.0. The van der Waals surface area contributed by atoms with Crippen molar-refractivity contribution < 1.29 is 19.4 Å². The standard InChI is InChI=1S/C14H19NO4S/c1-10-4-6-11(7-5-10)20-8-12(16)15-14(2,9-19-3)13(17)18/h4-7H,8-9H2,1-3H3,(H,15,16)(H,17,18). The zero-order valence-electron chi connectivity index (χ0n) is 11.8. The number of carboxylic acids is 1. The molecule has 0 aromatic heterocycles. The molecule has 0 fully saturated rings. The SMILES string of the molecule is COCC(C)(NC(=O)CSc1ccc(C)cc1)C(=O)O. The largest absolute Gasteiger partial charge is 0.479 e. The van der Waals surface area contributed by atoms with E-state index in [0.29, 0.717) is 0 Å². The van der Waals surface area contributed by atoms with Gasteiger partial charge in [-0.2, -0.15) is 0 Å². The molecule has 0 heterocycles. The monoisotopic (exact) mass is 297 g/mol. The average molecular weight is 297 g/mol. The number of aryl methyl sites for hydroxylation is 1. The number of hydrogen-bond donors (Lipinski definition) is 2. The van der Waals surface area contributed by atoms with Gasteiger partial charge in [0.2, 0.25) is 5.91 Å². The molecular formula is C14H19NO4S. The molecule has 1 rings (SSSR count). The molecule has 0 radical (unpaired) electrons. The van der Waals surface area contributed by atoms with Gasteiger partial charge in [-0.25, -0.2) is 4.79 Å². The number of aliphatic carboxylic acids is 1. The van der Waals surface area contributed by atoms with Gasteiger partial charge in [0, 0.05) is 12.0 Å². The van der Waals surface area contributed by atoms with E-state index < -0.39 is 11.5 Å². The van der Waals surface area contributed by atoms with Crippen molar-refractivity contribution in [2.75, 3.05) is 19.5 Å². The molecule has 1 unspecified atom stereocenters. The van der Waals surface area contributed by atoms with E-state index in [1.54, 1.807) is 0 Å². The summed E-state index contributed by atoms with van der Waals surface area (Å²) >= 11 is 1.36. The minimum absolute atomic E-state index is 0.0801. The topological polar surface area (TPSA) is 75.6 Å². The highest BCUT2D eigenvalue weighted by Crippen LogP contribution is 2.18. The van der Waals surface area contributed by atoms with E-state index in [-0.39, 0.29) is 18.3 Å². The lowest BCUT2D eigenvalue weighted by Gasteiger charge is -2.25. The van der Waals surface area contributed by atoms with Crippen molar-refractivity contribution in [1.29, 1.82) is 0 Å². The third kappa shape index (κ3) is 4.86. The van der Waals surface area contributed by atoms with Crippen LogP contribution in [0.15, 0.2) is 29.2 Å². The summed E-state index contributed by atoms with van der Waals surface area (Å²) < 4.78 is 4.84. The van der Waals surface area contributed by atoms with Gasteiger partial charge < -0.3 is 15.2 Å². The first-order valence-electron chi connectivity index (χ1n) is 6.10. The summed E-state index contributed by atoms with van der Waals surface area (Å²) in [6.45, 7) is 3.33. The van der Waals surface area contributed by atoms with Crippen LogP contribution in [0.4, 0.5) is 0 Å². The normalized spacial score (nSPS) is 13.6. The first-order valence-corrected chi connectivity index (χ1v) is 7.09. The van der Waals surface area contributed by atoms with Crippen LogP contribution in [0.3, 0.4) is 0 Å². The number of methoxy groups -OCH3 is 1. The summed E-state index contributed by atoms with van der Waals surface area (Å²) in [7, 11) is 1.40. The van der Waals surface area contributed by atoms with Gasteiger partial charge in [0.1, 0.15) is 0 Å². The van der Waals surface area contributed by atoms with Crippen molar-refractivity contribution in [1.82, 2.24) is 5.32 Å². The summed E-state index contributed by atoms with van der Waals surface area (Å²) in [5, 5.41) is 11.6. The van der Waals surface area contributed by atoms with E-state index in [4.69, 9.17) is 9.84 Å². The van der Waals surface area contributed by atoms with Crippen LogP contribution >= 0.6 is 11.8 Å². The van der Waals surface area contributed by atoms with E-state index in [0.717, 1.165) is 10.5 Å². The highest BCUT2D eigenvalue weighted by molar-refractivity contribution is 8.00. The molecule has 0 saturated carbocycles. The van der Waals surface area contributed by atoms with Gasteiger partial charge in [0.25, 0.3) is 0 Å². The second kappa shape index (κ2) is 7.31. The Kier molecular flexibility index (Phi) is 6.04. The number of thioether (sulfide) groups is 1. The lowest BCUT2D eigenvalue weighted by molar-refractivity contribution is -0.148. The molecule has 20 heavy (non-hydrogen) atoms. The molecule has 1 aromatic rings. The Morgan fingerprint density at radius 2 is 1.95 bits per heavy atom. The molecule has 0 bridgehead atoms. The van der Waals surface area contributed by atoms with Crippen LogP contribution in [0.5, 0.6) is 0 Å². The average Bonchev–Trinajstić information content (AvgIpc) is 2.38. The van der Waals surface area contributed by atoms with E-state index in [2.05, 4.69) is 5.32 Å². The maximum atomic E-state index is 11.8. The highest BCUT2D eigenvalue weighted by Gasteiger charge is 2.34. The molecule has 110 valence electrons. The number of carboxylic acid groups (broad SMARTS) is 1. The molecule has 2 N–H and O–H groups in total. The first kappa shape index (κ1) is 16.5. The van der Waals surface area contributed by atoms with E-state index in [1.165, 1.54) is 25.8 Å². The predicted molar refractivity (Wildman–Crippen MR) is 78.0 cm³/mol. The third-order valence-electron chi connectivity index (χ3n) is 2.71. The summed E-state index contributed by atoms with van der Waals surface area (Å²) in [5.41, 5.74) is -0.253. The summed E-state index contributed by atoms with van der Waals surface area (Å²) in [5.74, 6) is -1.29. The van der Waals surface area contributed by atoms with Crippen molar-refractivity contribution >= 4 is 23.6 Å². The second-order valence-corrected chi connectivity index (χ2v) is 5.77. The maximum Gasteiger partial charge on any atom is 0.331 e. The quantitative estimate of drug-likeness (QED) is 0.749. The maximum absolute atomic E-state index is 11.8. The summed E-state index contributed by atoms with van der Waals surface area (Å²) in [6, 6.07) is 7.79. The van der Waals surface area contributed by atoms with Gasteiger partial charge in [-0.3, -0.25) is 4.79 Å². The Bertz CT molecular complexity index is 475. The molecule has 1 amide bonds. The van der Waals surface area contributed by atoms with E-state index >= 15 is 0 Å². The highest BCUT2D eigenvalue weighted by atomic mass is 32.2. The lowest BCUT2D eigenvalue weighted by Crippen LogP contribution is -2.55. The molecule has 0 aliphatic carbocycles. The smallest absolute Gasteiger partial charge is 0.331 e. The molecule has 1 aromatic carbocycles. The Morgan fingerprint density at radius 1 is 1.35 bits per heavy atom. The fourth-order valence-corrected chi connectivity index (χ4v) is 2.27. The van der Waals surface area contributed by atoms with E-state index in [9.17, 15) is 9.59 Å². The van der Waals surface area contributed by atoms with Crippen LogP contribution in [0.25, 0.3) is 0 Å². The van der Waals surface area contributed by atoms with Crippen LogP contribution in [0.2, 0.25) is 0 Å². The summed E-state index contributed by atoms with van der Waals surface area (Å²) in [6.07, 6.45) is 0. The zero-order valence-corrected chi connectivity index (χ0v) is 12.6. The van der Waals surface area contributed by atoms with Crippen molar-refractivity contribution in [3.63, 3.8) is 0 Å². The molecule has 5 nitrogen and oxygen atoms in total. The van der Waals surface area contributed by atoms with Gasteiger partial charge in [0.15, 0.2) is 5.54 Å². The van der Waals surface area contributed by atoms with Gasteiger partial charge in [-0.1, -0.05) is 17.7 Å². The Labute approximate surface area is 122 Å². The number of hydrogen-bond acceptors (Lipinski definition) is 4. The fraction of sp³-hybridized carbons (Fsp3) is 0.429. The predicted octanol–water partition coefficient (Wildman–Crippen LogP) is 1.69. The Hall–Kier alpha value is -1.53. The Balaban J connectivity index is 2.54. The molecule has 1 atom stereocenters. The number of ether oxygens (including phenoxy) is 1. The first-order chi connectivity index (χ1) is 9.37. The van der Waals surface area contributed by atoms with Crippen LogP contribution in [-0.4, -0.2) is 42.0 Å². The molecule has 6 heteroatoms. The second-order valence-electron chi connectivity index (χ2n) is 4.72. The van der Waals surface area contributed by atoms with Crippen LogP contribution in [0, 0.1) is 6.92 Å². The van der Waals surface area contributed by atoms with Gasteiger partial charge in [0.05, 0.1) is 12.4 Å². The van der Waals surface area contributed by atoms with Gasteiger partial charge >= 0.3 is 5.97 Å². The van der Waals surface area contributed by atoms with Crippen molar-refractivity contribution in [3.8, 4) is 0 Å². The van der Waals surface area contributed by atoms with Crippen LogP contribution in [0.1, 0.15) is 12.5 Å². The van der Waals surface area contributed by atoms with Crippen molar-refractivity contribution in [2.45, 2.75) is 24.3 Å². The number of carbonyl (C=O) groups excluding carboxylic acids is 1. The minimum Gasteiger partial charge on any atom is -0.479 e. The molecule has 0 saturated heterocycles. The number of rotatable bonds is 7. The Morgan fingerprint density at radius 3 is 2.45 bits per heavy atom. The van der Waals surface area contributed by atoms with Gasteiger partial charge in [-0.05, 0) is 26.0 Å². The van der Waals surface area contributed by atoms with Crippen LogP contribution < -0.4 is 5.32 Å². The van der Waals surface area contributed by atoms with Crippen molar-refractivity contribution in [2.24, 2.45) is 0 Å². The molecule has 0 aliphatic rings. The number of carbonyl (C=O) groups is 2. The van der Waals surface area contributed by atoms with E-state index in [1.807, 2.05) is 31.2 Å². The van der Waals surface area contributed by atoms with Crippen LogP contribution in [-0.2, 0) is 14.3 Å². The molecule has 0 spiro atoms. The molecular weight excluding hydrogens is 278 g/mol. The van der Waals surface area contributed by atoms with Gasteiger partial charge in [-0.15, -0.1) is 11.8 Å². The van der Waals surface area contributed by atoms with Crippen molar-refractivity contribution in [3.05, 3.63) is 29.8 Å². The number of benzene rings is 1. The zero-order chi connectivity index (χ0) is 15.2. The fourth-order valence-electron chi connectivity index (χ4n) is 1.57. The summed E-state index contributed by atoms with van der Waals surface area (Å²) in [4.78, 5) is 24.0. The third-order valence-corrected chi connectivity index (χ3v) is 3.72. The minimum atomic E-state index is -1.40. The molecule has 0 aliphatic heterocycles. The number of nitrogens with one attached hydrogen (secondary N) is 1. The number of amides is 1.